The lowest BCUT2D eigenvalue weighted by Crippen LogP contribution is -2.49. The van der Waals surface area contributed by atoms with Crippen molar-refractivity contribution < 1.29 is 41.2 Å². The van der Waals surface area contributed by atoms with E-state index in [4.69, 9.17) is 10.5 Å². The minimum atomic E-state index is -4.77. The van der Waals surface area contributed by atoms with Crippen molar-refractivity contribution in [2.24, 2.45) is 0 Å². The molecule has 4 N–H and O–H groups in total. The van der Waals surface area contributed by atoms with Crippen LogP contribution in [0.15, 0.2) is 89.8 Å². The third-order valence-corrected chi connectivity index (χ3v) is 8.47. The molecule has 2 unspecified atom stereocenters. The maximum Gasteiger partial charge on any atom is 0.408 e. The number of nitrogens with two attached hydrogens (primary N) is 1. The number of alkyl carbamates (subject to hydrolysis) is 1. The molecule has 0 saturated heterocycles. The summed E-state index contributed by atoms with van der Waals surface area (Å²) < 4.78 is 64.0. The Balaban J connectivity index is 0.000000505. The summed E-state index contributed by atoms with van der Waals surface area (Å²) in [5.74, 6) is -1.79. The molecule has 3 aromatic rings. The van der Waals surface area contributed by atoms with Crippen molar-refractivity contribution in [2.75, 3.05) is 33.0 Å². The van der Waals surface area contributed by atoms with E-state index in [-0.39, 0.29) is 19.4 Å². The number of nitrogens with zero attached hydrogens (tertiary/aromatic N) is 1. The van der Waals surface area contributed by atoms with Crippen molar-refractivity contribution in [1.29, 1.82) is 0 Å². The Morgan fingerprint density at radius 3 is 1.92 bits per heavy atom. The van der Waals surface area contributed by atoms with Crippen LogP contribution in [0.4, 0.5) is 23.7 Å². The highest BCUT2D eigenvalue weighted by molar-refractivity contribution is 7.82. The van der Waals surface area contributed by atoms with Crippen molar-refractivity contribution in [3.8, 4) is 0 Å². The normalized spacial score (nSPS) is 12.9. The first-order valence-electron chi connectivity index (χ1n) is 15.3. The number of methoxy groups -OCH3 is 2. The van der Waals surface area contributed by atoms with Crippen LogP contribution in [0, 0.1) is 0 Å². The molecule has 48 heavy (non-hydrogen) atoms. The maximum atomic E-state index is 13.5. The molecule has 262 valence electrons. The van der Waals surface area contributed by atoms with Gasteiger partial charge in [-0.15, -0.1) is 0 Å². The summed E-state index contributed by atoms with van der Waals surface area (Å²) in [5.41, 5.74) is 8.86. The maximum absolute atomic E-state index is 13.5. The van der Waals surface area contributed by atoms with Gasteiger partial charge in [0.2, 0.25) is 5.91 Å². The van der Waals surface area contributed by atoms with E-state index in [1.807, 2.05) is 10.6 Å². The summed E-state index contributed by atoms with van der Waals surface area (Å²) in [6, 6.07) is 24.0. The largest absolute Gasteiger partial charge is 0.468 e. The summed E-state index contributed by atoms with van der Waals surface area (Å²) in [4.78, 5) is 35.7. The Morgan fingerprint density at radius 1 is 0.875 bits per heavy atom. The highest BCUT2D eigenvalue weighted by Crippen LogP contribution is 2.26. The number of nitrogens with one attached hydrogen (secondary N) is 2. The van der Waals surface area contributed by atoms with Crippen LogP contribution in [0.1, 0.15) is 43.7 Å². The Labute approximate surface area is 281 Å². The van der Waals surface area contributed by atoms with Crippen molar-refractivity contribution >= 4 is 34.6 Å². The number of ether oxygens (including phenoxy) is 2. The van der Waals surface area contributed by atoms with Gasteiger partial charge in [-0.05, 0) is 67.5 Å². The summed E-state index contributed by atoms with van der Waals surface area (Å²) in [7, 11) is 0.387. The van der Waals surface area contributed by atoms with Gasteiger partial charge in [0.05, 0.1) is 19.1 Å². The number of amides is 2. The van der Waals surface area contributed by atoms with Crippen molar-refractivity contribution in [3.05, 3.63) is 96.1 Å². The molecule has 0 heterocycles. The van der Waals surface area contributed by atoms with E-state index in [1.54, 1.807) is 31.2 Å². The van der Waals surface area contributed by atoms with Crippen LogP contribution in [-0.4, -0.2) is 72.1 Å². The number of alkyl halides is 3. The number of esters is 1. The molecule has 2 amide bonds. The Kier molecular flexibility index (Phi) is 17.2. The standard InChI is InChI=1S/C21H31F3N4O6S.C13H12/c1-4-12-28(35(32)15-10-8-14(25)9-11-15)16(19(30)33-2)6-5-7-17(21(22,23)24)27-18(29)13-26-20(31)34-3;1-3-7-12(8-4-1)11-13-9-5-2-6-10-13/h8-11,16-17H,4-7,12-13,25H2,1-3H3,(H,26,31)(H,27,29);1-10H,11H2/t16?,17-,35?;/m1./s1. The fourth-order valence-corrected chi connectivity index (χ4v) is 5.95. The molecule has 0 saturated carbocycles. The molecule has 0 aliphatic heterocycles. The summed E-state index contributed by atoms with van der Waals surface area (Å²) >= 11 is 0. The predicted octanol–water partition coefficient (Wildman–Crippen LogP) is 5.40. The first-order valence-corrected chi connectivity index (χ1v) is 16.4. The number of halogens is 3. The molecule has 0 aliphatic carbocycles. The lowest BCUT2D eigenvalue weighted by Gasteiger charge is -2.29. The highest BCUT2D eigenvalue weighted by Gasteiger charge is 2.41. The highest BCUT2D eigenvalue weighted by atomic mass is 32.2. The van der Waals surface area contributed by atoms with E-state index in [2.05, 4.69) is 65.4 Å². The third kappa shape index (κ3) is 14.1. The molecule has 0 bridgehead atoms. The van der Waals surface area contributed by atoms with Crippen LogP contribution >= 0.6 is 0 Å². The van der Waals surface area contributed by atoms with Crippen LogP contribution < -0.4 is 16.4 Å². The second-order valence-electron chi connectivity index (χ2n) is 10.6. The van der Waals surface area contributed by atoms with Gasteiger partial charge < -0.3 is 25.8 Å². The minimum Gasteiger partial charge on any atom is -0.468 e. The van der Waals surface area contributed by atoms with E-state index in [9.17, 15) is 31.8 Å². The minimum absolute atomic E-state index is 0.101. The van der Waals surface area contributed by atoms with Crippen molar-refractivity contribution in [3.63, 3.8) is 0 Å². The second-order valence-corrected chi connectivity index (χ2v) is 12.0. The van der Waals surface area contributed by atoms with Crippen LogP contribution in [0.5, 0.6) is 0 Å². The molecule has 14 heteroatoms. The molecule has 3 aromatic carbocycles. The van der Waals surface area contributed by atoms with Gasteiger partial charge in [-0.1, -0.05) is 67.6 Å². The zero-order chi connectivity index (χ0) is 35.5. The van der Waals surface area contributed by atoms with E-state index in [0.717, 1.165) is 20.6 Å². The molecule has 0 fully saturated rings. The summed E-state index contributed by atoms with van der Waals surface area (Å²) in [6.45, 7) is 1.32. The number of nitrogen functional groups attached to an aromatic ring is 1. The third-order valence-electron chi connectivity index (χ3n) is 6.93. The predicted molar refractivity (Wildman–Crippen MR) is 178 cm³/mol. The first kappa shape index (κ1) is 39.7. The molecule has 10 nitrogen and oxygen atoms in total. The zero-order valence-electron chi connectivity index (χ0n) is 27.2. The molecule has 0 spiro atoms. The average Bonchev–Trinajstić information content (AvgIpc) is 3.08. The lowest BCUT2D eigenvalue weighted by molar-refractivity contribution is -0.163. The van der Waals surface area contributed by atoms with E-state index in [1.165, 1.54) is 15.4 Å². The summed E-state index contributed by atoms with van der Waals surface area (Å²) in [5, 5.41) is 3.82. The van der Waals surface area contributed by atoms with Gasteiger partial charge in [0.15, 0.2) is 0 Å². The monoisotopic (exact) mass is 692 g/mol. The molecule has 0 aliphatic rings. The quantitative estimate of drug-likeness (QED) is 0.143. The Morgan fingerprint density at radius 2 is 1.44 bits per heavy atom. The van der Waals surface area contributed by atoms with Gasteiger partial charge in [0, 0.05) is 12.2 Å². The first-order chi connectivity index (χ1) is 22.9. The summed E-state index contributed by atoms with van der Waals surface area (Å²) in [6.07, 6.45) is -4.98. The number of benzene rings is 3. The topological polar surface area (TPSA) is 140 Å². The fourth-order valence-electron chi connectivity index (χ4n) is 4.54. The number of rotatable bonds is 15. The van der Waals surface area contributed by atoms with E-state index < -0.39 is 60.2 Å². The van der Waals surface area contributed by atoms with Crippen molar-refractivity contribution in [1.82, 2.24) is 14.9 Å². The molecule has 0 aromatic heterocycles. The Bertz CT molecular complexity index is 1390. The smallest absolute Gasteiger partial charge is 0.408 e. The molecule has 3 rings (SSSR count). The van der Waals surface area contributed by atoms with E-state index >= 15 is 0 Å². The van der Waals surface area contributed by atoms with Crippen LogP contribution in [0.25, 0.3) is 0 Å². The SMILES string of the molecule is CCCN(C(CCC[C@@H](NC(=O)CNC(=O)OC)C(F)(F)F)C(=O)OC)S(=O)c1ccc(N)cc1.c1ccc(Cc2ccccc2)cc1. The van der Waals surface area contributed by atoms with E-state index in [0.29, 0.717) is 17.0 Å². The van der Waals surface area contributed by atoms with Crippen LogP contribution in [0.3, 0.4) is 0 Å². The average molecular weight is 693 g/mol. The van der Waals surface area contributed by atoms with Gasteiger partial charge >= 0.3 is 18.2 Å². The molecule has 3 atom stereocenters. The number of hydrogen-bond donors (Lipinski definition) is 3. The van der Waals surface area contributed by atoms with Crippen LogP contribution in [0.2, 0.25) is 0 Å². The number of anilines is 1. The fraction of sp³-hybridized carbons (Fsp3) is 0.382. The molecular formula is C34H43F3N4O6S. The zero-order valence-corrected chi connectivity index (χ0v) is 28.0. The van der Waals surface area contributed by atoms with Gasteiger partial charge in [0.1, 0.15) is 29.6 Å². The Hall–Kier alpha value is -4.43. The van der Waals surface area contributed by atoms with Gasteiger partial charge in [-0.2, -0.15) is 13.2 Å². The van der Waals surface area contributed by atoms with Gasteiger partial charge in [-0.3, -0.25) is 9.59 Å². The number of hydrogen-bond acceptors (Lipinski definition) is 7. The number of carbonyl (C=O) groups excluding carboxylic acids is 3. The van der Waals surface area contributed by atoms with Gasteiger partial charge in [-0.25, -0.2) is 13.3 Å². The second kappa shape index (κ2) is 20.7. The molecule has 0 radical (unpaired) electrons. The number of carbonyl (C=O) groups is 3. The van der Waals surface area contributed by atoms with Crippen molar-refractivity contribution in [2.45, 2.75) is 62.2 Å². The van der Waals surface area contributed by atoms with Gasteiger partial charge in [0.25, 0.3) is 0 Å². The molecular weight excluding hydrogens is 649 g/mol. The lowest BCUT2D eigenvalue weighted by atomic mass is 10.0. The van der Waals surface area contributed by atoms with Crippen LogP contribution in [-0.2, 0) is 36.5 Å².